The number of pyridine rings is 1. The van der Waals surface area contributed by atoms with Crippen LogP contribution in [0.3, 0.4) is 0 Å². The fourth-order valence-corrected chi connectivity index (χ4v) is 1.48. The summed E-state index contributed by atoms with van der Waals surface area (Å²) in [6, 6.07) is 4.81. The molecule has 0 atom stereocenters. The van der Waals surface area contributed by atoms with Gasteiger partial charge in [0, 0.05) is 18.0 Å². The molecule has 0 fully saturated rings. The molecule has 0 aliphatic carbocycles. The highest BCUT2D eigenvalue weighted by Crippen LogP contribution is 2.14. The van der Waals surface area contributed by atoms with E-state index in [1.165, 1.54) is 12.3 Å². The summed E-state index contributed by atoms with van der Waals surface area (Å²) in [5.41, 5.74) is 0.563. The van der Waals surface area contributed by atoms with E-state index in [1.54, 1.807) is 12.1 Å². The van der Waals surface area contributed by atoms with Gasteiger partial charge in [0.15, 0.2) is 5.82 Å². The Hall–Kier alpha value is -2.37. The van der Waals surface area contributed by atoms with E-state index < -0.39 is 11.5 Å². The van der Waals surface area contributed by atoms with Crippen molar-refractivity contribution in [3.05, 3.63) is 46.0 Å². The van der Waals surface area contributed by atoms with Gasteiger partial charge in [0.1, 0.15) is 5.56 Å². The van der Waals surface area contributed by atoms with E-state index in [1.807, 2.05) is 13.8 Å². The van der Waals surface area contributed by atoms with Gasteiger partial charge in [-0.2, -0.15) is 5.10 Å². The Morgan fingerprint density at radius 3 is 2.83 bits per heavy atom. The van der Waals surface area contributed by atoms with Gasteiger partial charge in [0.05, 0.1) is 0 Å². The van der Waals surface area contributed by atoms with Crippen molar-refractivity contribution >= 4 is 11.7 Å². The van der Waals surface area contributed by atoms with Gasteiger partial charge in [0.2, 0.25) is 0 Å². The van der Waals surface area contributed by atoms with Gasteiger partial charge in [0.25, 0.3) is 11.5 Å². The molecule has 0 saturated heterocycles. The quantitative estimate of drug-likeness (QED) is 0.766. The first kappa shape index (κ1) is 12.1. The Labute approximate surface area is 103 Å². The third-order valence-electron chi connectivity index (χ3n) is 2.52. The predicted molar refractivity (Wildman–Crippen MR) is 67.7 cm³/mol. The second-order valence-electron chi connectivity index (χ2n) is 4.23. The van der Waals surface area contributed by atoms with Gasteiger partial charge >= 0.3 is 0 Å². The zero-order chi connectivity index (χ0) is 13.1. The van der Waals surface area contributed by atoms with Crippen molar-refractivity contribution in [1.29, 1.82) is 0 Å². The maximum absolute atomic E-state index is 11.8. The lowest BCUT2D eigenvalue weighted by Gasteiger charge is -2.00. The highest BCUT2D eigenvalue weighted by Gasteiger charge is 2.12. The molecule has 0 aromatic carbocycles. The van der Waals surface area contributed by atoms with Crippen molar-refractivity contribution in [2.24, 2.45) is 0 Å². The smallest absolute Gasteiger partial charge is 0.262 e. The molecular formula is C12H14N4O2. The van der Waals surface area contributed by atoms with Crippen LogP contribution in [0.2, 0.25) is 0 Å². The van der Waals surface area contributed by atoms with Crippen molar-refractivity contribution in [2.45, 2.75) is 19.8 Å². The van der Waals surface area contributed by atoms with E-state index in [0.29, 0.717) is 11.7 Å². The summed E-state index contributed by atoms with van der Waals surface area (Å²) in [5.74, 6) is 0.230. The van der Waals surface area contributed by atoms with Crippen molar-refractivity contribution in [3.8, 4) is 0 Å². The monoisotopic (exact) mass is 246 g/mol. The number of hydrogen-bond donors (Lipinski definition) is 3. The zero-order valence-corrected chi connectivity index (χ0v) is 10.2. The summed E-state index contributed by atoms with van der Waals surface area (Å²) < 4.78 is 0. The summed E-state index contributed by atoms with van der Waals surface area (Å²) in [5, 5.41) is 9.36. The summed E-state index contributed by atoms with van der Waals surface area (Å²) in [7, 11) is 0. The van der Waals surface area contributed by atoms with Crippen molar-refractivity contribution < 1.29 is 4.79 Å². The number of aromatic amines is 2. The number of aromatic nitrogens is 3. The molecule has 0 aliphatic heterocycles. The zero-order valence-electron chi connectivity index (χ0n) is 10.2. The molecule has 94 valence electrons. The van der Waals surface area contributed by atoms with E-state index >= 15 is 0 Å². The molecule has 2 heterocycles. The van der Waals surface area contributed by atoms with Crippen molar-refractivity contribution in [2.75, 3.05) is 5.32 Å². The molecule has 0 bridgehead atoms. The van der Waals surface area contributed by atoms with Crippen LogP contribution in [-0.4, -0.2) is 21.1 Å². The Balaban J connectivity index is 2.17. The highest BCUT2D eigenvalue weighted by molar-refractivity contribution is 6.03. The van der Waals surface area contributed by atoms with E-state index in [-0.39, 0.29) is 5.56 Å². The molecule has 6 nitrogen and oxygen atoms in total. The molecule has 0 aliphatic rings. The molecule has 18 heavy (non-hydrogen) atoms. The van der Waals surface area contributed by atoms with Crippen molar-refractivity contribution in [3.63, 3.8) is 0 Å². The molecule has 6 heteroatoms. The van der Waals surface area contributed by atoms with Crippen LogP contribution in [0.5, 0.6) is 0 Å². The average Bonchev–Trinajstić information content (AvgIpc) is 2.78. The molecular weight excluding hydrogens is 232 g/mol. The largest absolute Gasteiger partial charge is 0.328 e. The fourth-order valence-electron chi connectivity index (χ4n) is 1.48. The second kappa shape index (κ2) is 4.87. The molecule has 2 aromatic heterocycles. The van der Waals surface area contributed by atoms with Gasteiger partial charge in [-0.3, -0.25) is 14.7 Å². The molecule has 2 aromatic rings. The normalized spacial score (nSPS) is 10.6. The Morgan fingerprint density at radius 2 is 2.22 bits per heavy atom. The number of rotatable bonds is 3. The van der Waals surface area contributed by atoms with E-state index in [0.717, 1.165) is 5.69 Å². The Bertz CT molecular complexity index is 612. The number of nitrogens with zero attached hydrogens (tertiary/aromatic N) is 1. The molecule has 2 rings (SSSR count). The first-order valence-corrected chi connectivity index (χ1v) is 5.62. The number of anilines is 1. The standard InChI is InChI=1S/C12H14N4O2/c1-7(2)9-6-10(16-15-9)14-12(18)8-4-3-5-13-11(8)17/h3-7H,1-2H3,(H,13,17)(H2,14,15,16,18). The molecule has 0 unspecified atom stereocenters. The van der Waals surface area contributed by atoms with E-state index in [4.69, 9.17) is 0 Å². The SMILES string of the molecule is CC(C)c1cc(NC(=O)c2ccc[nH]c2=O)n[nH]1. The Kier molecular flexibility index (Phi) is 3.27. The summed E-state index contributed by atoms with van der Waals surface area (Å²) in [6.07, 6.45) is 1.48. The number of hydrogen-bond acceptors (Lipinski definition) is 3. The summed E-state index contributed by atoms with van der Waals surface area (Å²) in [4.78, 5) is 25.7. The van der Waals surface area contributed by atoms with Crippen LogP contribution in [-0.2, 0) is 0 Å². The van der Waals surface area contributed by atoms with Gasteiger partial charge in [-0.25, -0.2) is 0 Å². The van der Waals surface area contributed by atoms with Crippen LogP contribution >= 0.6 is 0 Å². The van der Waals surface area contributed by atoms with Gasteiger partial charge in [-0.05, 0) is 18.1 Å². The van der Waals surface area contributed by atoms with Crippen LogP contribution in [0.4, 0.5) is 5.82 Å². The van der Waals surface area contributed by atoms with Gasteiger partial charge in [-0.15, -0.1) is 0 Å². The van der Waals surface area contributed by atoms with Crippen molar-refractivity contribution in [1.82, 2.24) is 15.2 Å². The Morgan fingerprint density at radius 1 is 1.44 bits per heavy atom. The maximum Gasteiger partial charge on any atom is 0.262 e. The fraction of sp³-hybridized carbons (Fsp3) is 0.250. The van der Waals surface area contributed by atoms with Gasteiger partial charge < -0.3 is 10.3 Å². The number of carbonyl (C=O) groups is 1. The minimum absolute atomic E-state index is 0.0617. The number of H-pyrrole nitrogens is 2. The maximum atomic E-state index is 11.8. The lowest BCUT2D eigenvalue weighted by atomic mass is 10.1. The summed E-state index contributed by atoms with van der Waals surface area (Å²) in [6.45, 7) is 4.03. The molecule has 0 radical (unpaired) electrons. The molecule has 0 spiro atoms. The molecule has 1 amide bonds. The van der Waals surface area contributed by atoms with Gasteiger partial charge in [-0.1, -0.05) is 13.8 Å². The third-order valence-corrected chi connectivity index (χ3v) is 2.52. The predicted octanol–water partition coefficient (Wildman–Crippen LogP) is 1.47. The minimum Gasteiger partial charge on any atom is -0.328 e. The number of nitrogens with one attached hydrogen (secondary N) is 3. The average molecular weight is 246 g/mol. The lowest BCUT2D eigenvalue weighted by Crippen LogP contribution is -2.22. The first-order valence-electron chi connectivity index (χ1n) is 5.62. The topological polar surface area (TPSA) is 90.6 Å². The minimum atomic E-state index is -0.473. The highest BCUT2D eigenvalue weighted by atomic mass is 16.2. The van der Waals surface area contributed by atoms with Crippen LogP contribution in [0.15, 0.2) is 29.2 Å². The third kappa shape index (κ3) is 2.48. The molecule has 0 saturated carbocycles. The lowest BCUT2D eigenvalue weighted by molar-refractivity contribution is 0.102. The number of amides is 1. The van der Waals surface area contributed by atoms with Crippen LogP contribution in [0.1, 0.15) is 35.8 Å². The second-order valence-corrected chi connectivity index (χ2v) is 4.23. The summed E-state index contributed by atoms with van der Waals surface area (Å²) >= 11 is 0. The molecule has 3 N–H and O–H groups in total. The van der Waals surface area contributed by atoms with E-state index in [9.17, 15) is 9.59 Å². The van der Waals surface area contributed by atoms with Crippen LogP contribution in [0.25, 0.3) is 0 Å². The van der Waals surface area contributed by atoms with E-state index in [2.05, 4.69) is 20.5 Å². The number of carbonyl (C=O) groups excluding carboxylic acids is 1. The first-order chi connectivity index (χ1) is 8.58. The van der Waals surface area contributed by atoms with Crippen LogP contribution in [0, 0.1) is 0 Å². The van der Waals surface area contributed by atoms with Crippen LogP contribution < -0.4 is 10.9 Å².